The van der Waals surface area contributed by atoms with Crippen molar-refractivity contribution in [2.45, 2.75) is 36.4 Å². The minimum Gasteiger partial charge on any atom is -0.396 e. The summed E-state index contributed by atoms with van der Waals surface area (Å²) >= 11 is 1.24. The highest BCUT2D eigenvalue weighted by Gasteiger charge is 2.40. The summed E-state index contributed by atoms with van der Waals surface area (Å²) in [5.41, 5.74) is 1.49. The summed E-state index contributed by atoms with van der Waals surface area (Å²) in [5.74, 6) is -0.276. The number of imidazole rings is 1. The van der Waals surface area contributed by atoms with Gasteiger partial charge in [0.1, 0.15) is 5.82 Å². The molecule has 0 unspecified atom stereocenters. The summed E-state index contributed by atoms with van der Waals surface area (Å²) in [6, 6.07) is 6.38. The van der Waals surface area contributed by atoms with Gasteiger partial charge in [-0.1, -0.05) is 23.5 Å². The second-order valence-electron chi connectivity index (χ2n) is 10.5. The maximum atomic E-state index is 13.4. The highest BCUT2D eigenvalue weighted by atomic mass is 32.2. The number of rotatable bonds is 8. The number of aliphatic hydroxyl groups is 1. The van der Waals surface area contributed by atoms with Gasteiger partial charge in [-0.25, -0.2) is 22.8 Å². The first-order valence-corrected chi connectivity index (χ1v) is 15.2. The molecule has 1 N–H and O–H groups in total. The molecule has 5 rings (SSSR count). The van der Waals surface area contributed by atoms with E-state index in [2.05, 4.69) is 26.8 Å². The zero-order valence-corrected chi connectivity index (χ0v) is 23.5. The fourth-order valence-electron chi connectivity index (χ4n) is 5.34. The summed E-state index contributed by atoms with van der Waals surface area (Å²) < 4.78 is 44.1. The third-order valence-electron chi connectivity index (χ3n) is 8.03. The van der Waals surface area contributed by atoms with Crippen LogP contribution in [0.3, 0.4) is 0 Å². The van der Waals surface area contributed by atoms with E-state index in [1.165, 1.54) is 34.0 Å². The Kier molecular flexibility index (Phi) is 7.88. The predicted molar refractivity (Wildman–Crippen MR) is 145 cm³/mol. The van der Waals surface area contributed by atoms with Gasteiger partial charge >= 0.3 is 0 Å². The van der Waals surface area contributed by atoms with E-state index in [-0.39, 0.29) is 22.7 Å². The Balaban J connectivity index is 1.26. The fourth-order valence-corrected chi connectivity index (χ4v) is 8.10. The van der Waals surface area contributed by atoms with Gasteiger partial charge in [0.2, 0.25) is 0 Å². The Morgan fingerprint density at radius 3 is 2.42 bits per heavy atom. The number of aromatic nitrogens is 3. The molecule has 0 saturated carbocycles. The Morgan fingerprint density at radius 2 is 1.76 bits per heavy atom. The molecule has 2 fully saturated rings. The normalized spacial score (nSPS) is 20.1. The van der Waals surface area contributed by atoms with Crippen LogP contribution in [0.2, 0.25) is 0 Å². The number of piperazine rings is 1. The van der Waals surface area contributed by atoms with Crippen LogP contribution in [-0.2, 0) is 16.4 Å². The van der Waals surface area contributed by atoms with Crippen molar-refractivity contribution in [2.75, 3.05) is 57.8 Å². The quantitative estimate of drug-likeness (QED) is 0.451. The molecule has 3 aromatic rings. The lowest BCUT2D eigenvalue weighted by Crippen LogP contribution is -2.45. The van der Waals surface area contributed by atoms with E-state index in [0.29, 0.717) is 32.4 Å². The van der Waals surface area contributed by atoms with Crippen LogP contribution in [0.15, 0.2) is 47.2 Å². The molecule has 38 heavy (non-hydrogen) atoms. The monoisotopic (exact) mass is 562 g/mol. The van der Waals surface area contributed by atoms with Crippen LogP contribution in [0.25, 0.3) is 0 Å². The minimum atomic E-state index is -3.65. The smallest absolute Gasteiger partial charge is 0.254 e. The van der Waals surface area contributed by atoms with E-state index in [1.807, 2.05) is 11.5 Å². The van der Waals surface area contributed by atoms with Crippen molar-refractivity contribution in [3.05, 3.63) is 60.1 Å². The Hall–Kier alpha value is -2.38. The number of sulfonamides is 1. The standard InChI is InChI=1S/C26H35FN6O3S2/c1-20(21-3-5-22(27)6-4-21)33-19-28-16-23(33)15-26(18-34)7-9-32(10-8-26)38(35,36)24-17-29-25(37-24)31-13-11-30(2)12-14-31/h3-6,16-17,19-20,34H,7-15,18H2,1-2H3/t20-/m1/s1. The van der Waals surface area contributed by atoms with E-state index in [4.69, 9.17) is 0 Å². The van der Waals surface area contributed by atoms with Crippen molar-refractivity contribution in [2.24, 2.45) is 5.41 Å². The summed E-state index contributed by atoms with van der Waals surface area (Å²) in [5, 5.41) is 11.2. The SMILES string of the molecule is C[C@H](c1ccc(F)cc1)n1cncc1CC1(CO)CCN(S(=O)(=O)c2cnc(N3CCN(C)CC3)s2)CC1. The lowest BCUT2D eigenvalue weighted by atomic mass is 9.76. The second kappa shape index (κ2) is 11.0. The number of halogens is 1. The molecule has 2 aliphatic rings. The molecule has 2 saturated heterocycles. The third-order valence-corrected chi connectivity index (χ3v) is 11.4. The van der Waals surface area contributed by atoms with Gasteiger partial charge in [-0.05, 0) is 50.9 Å². The molecular formula is C26H35FN6O3S2. The lowest BCUT2D eigenvalue weighted by molar-refractivity contribution is 0.0667. The summed E-state index contributed by atoms with van der Waals surface area (Å²) in [7, 11) is -1.57. The molecule has 2 aliphatic heterocycles. The highest BCUT2D eigenvalue weighted by molar-refractivity contribution is 7.91. The highest BCUT2D eigenvalue weighted by Crippen LogP contribution is 2.38. The van der Waals surface area contributed by atoms with Crippen molar-refractivity contribution in [1.82, 2.24) is 23.7 Å². The van der Waals surface area contributed by atoms with Crippen LogP contribution >= 0.6 is 11.3 Å². The number of piperidine rings is 1. The van der Waals surface area contributed by atoms with Crippen molar-refractivity contribution >= 4 is 26.5 Å². The summed E-state index contributed by atoms with van der Waals surface area (Å²) in [6.07, 6.45) is 6.72. The van der Waals surface area contributed by atoms with Gasteiger partial charge in [0.05, 0.1) is 18.6 Å². The molecule has 0 spiro atoms. The number of benzene rings is 1. The number of hydrogen-bond acceptors (Lipinski definition) is 8. The fraction of sp³-hybridized carbons (Fsp3) is 0.538. The average molecular weight is 563 g/mol. The first-order valence-electron chi connectivity index (χ1n) is 13.0. The van der Waals surface area contributed by atoms with Crippen molar-refractivity contribution in [3.8, 4) is 0 Å². The third kappa shape index (κ3) is 5.50. The molecule has 0 bridgehead atoms. The molecule has 4 heterocycles. The van der Waals surface area contributed by atoms with Gasteiger partial charge in [-0.2, -0.15) is 4.31 Å². The molecule has 1 aromatic carbocycles. The topological polar surface area (TPSA) is 94.8 Å². The zero-order valence-electron chi connectivity index (χ0n) is 21.8. The number of hydrogen-bond donors (Lipinski definition) is 1. The van der Waals surface area contributed by atoms with Crippen LogP contribution in [0.4, 0.5) is 9.52 Å². The van der Waals surface area contributed by atoms with E-state index >= 15 is 0 Å². The van der Waals surface area contributed by atoms with E-state index in [9.17, 15) is 17.9 Å². The number of anilines is 1. The van der Waals surface area contributed by atoms with Crippen molar-refractivity contribution in [3.63, 3.8) is 0 Å². The Bertz CT molecular complexity index is 1330. The molecular weight excluding hydrogens is 527 g/mol. The van der Waals surface area contributed by atoms with Gasteiger partial charge in [-0.3, -0.25) is 0 Å². The number of nitrogens with zero attached hydrogens (tertiary/aromatic N) is 6. The van der Waals surface area contributed by atoms with Gasteiger partial charge in [0.15, 0.2) is 9.34 Å². The molecule has 9 nitrogen and oxygen atoms in total. The van der Waals surface area contributed by atoms with Crippen molar-refractivity contribution in [1.29, 1.82) is 0 Å². The lowest BCUT2D eigenvalue weighted by Gasteiger charge is -2.40. The van der Waals surface area contributed by atoms with Crippen LogP contribution in [0.5, 0.6) is 0 Å². The summed E-state index contributed by atoms with van der Waals surface area (Å²) in [6.45, 7) is 6.21. The minimum absolute atomic E-state index is 0.0366. The van der Waals surface area contributed by atoms with E-state index in [1.54, 1.807) is 24.7 Å². The van der Waals surface area contributed by atoms with Crippen LogP contribution in [0, 0.1) is 11.2 Å². The Morgan fingerprint density at radius 1 is 1.08 bits per heavy atom. The average Bonchev–Trinajstić information content (AvgIpc) is 3.60. The van der Waals surface area contributed by atoms with Crippen molar-refractivity contribution < 1.29 is 17.9 Å². The maximum absolute atomic E-state index is 13.4. The summed E-state index contributed by atoms with van der Waals surface area (Å²) in [4.78, 5) is 13.2. The van der Waals surface area contributed by atoms with Crippen LogP contribution < -0.4 is 4.90 Å². The van der Waals surface area contributed by atoms with Gasteiger partial charge in [0.25, 0.3) is 10.0 Å². The first-order chi connectivity index (χ1) is 18.2. The maximum Gasteiger partial charge on any atom is 0.254 e. The molecule has 12 heteroatoms. The molecule has 0 aliphatic carbocycles. The van der Waals surface area contributed by atoms with E-state index < -0.39 is 15.4 Å². The molecule has 206 valence electrons. The van der Waals surface area contributed by atoms with Gasteiger partial charge < -0.3 is 19.5 Å². The zero-order chi connectivity index (χ0) is 26.9. The van der Waals surface area contributed by atoms with Gasteiger partial charge in [-0.15, -0.1) is 0 Å². The largest absolute Gasteiger partial charge is 0.396 e. The second-order valence-corrected chi connectivity index (χ2v) is 13.7. The van der Waals surface area contributed by atoms with Crippen LogP contribution in [-0.4, -0.2) is 90.2 Å². The molecule has 0 radical (unpaired) electrons. The molecule has 0 amide bonds. The number of thiazole rings is 1. The molecule has 1 atom stereocenters. The number of likely N-dealkylation sites (N-methyl/N-ethyl adjacent to an activating group) is 1. The number of aliphatic hydroxyl groups excluding tert-OH is 1. The van der Waals surface area contributed by atoms with Gasteiger partial charge in [0, 0.05) is 63.2 Å². The van der Waals surface area contributed by atoms with Crippen LogP contribution in [0.1, 0.15) is 37.1 Å². The van der Waals surface area contributed by atoms with E-state index in [0.717, 1.165) is 42.6 Å². The predicted octanol–water partition coefficient (Wildman–Crippen LogP) is 2.85. The Labute approximate surface area is 227 Å². The molecule has 2 aromatic heterocycles. The first kappa shape index (κ1) is 27.2.